The molecule has 0 aromatic rings. The van der Waals surface area contributed by atoms with E-state index in [0.717, 1.165) is 0 Å². The molecular formula is C14H23N3O4. The molecule has 7 nitrogen and oxygen atoms in total. The molecule has 0 saturated carbocycles. The van der Waals surface area contributed by atoms with E-state index in [2.05, 4.69) is 0 Å². The number of carbonyl (C=O) groups excluding carboxylic acids is 3. The van der Waals surface area contributed by atoms with Gasteiger partial charge in [-0.15, -0.1) is 0 Å². The molecule has 0 aliphatic carbocycles. The molecule has 1 atom stereocenters. The van der Waals surface area contributed by atoms with Crippen molar-refractivity contribution >= 4 is 17.7 Å². The van der Waals surface area contributed by atoms with E-state index in [1.54, 1.807) is 11.8 Å². The van der Waals surface area contributed by atoms with Crippen LogP contribution in [0.2, 0.25) is 0 Å². The van der Waals surface area contributed by atoms with Crippen molar-refractivity contribution in [1.82, 2.24) is 14.9 Å². The van der Waals surface area contributed by atoms with Crippen LogP contribution in [0.3, 0.4) is 0 Å². The lowest BCUT2D eigenvalue weighted by molar-refractivity contribution is -0.146. The van der Waals surface area contributed by atoms with E-state index in [-0.39, 0.29) is 23.6 Å². The van der Waals surface area contributed by atoms with Crippen molar-refractivity contribution < 1.29 is 19.6 Å². The molecule has 2 aliphatic heterocycles. The standard InChI is InChI=1S/C14H23N3O4/c1-11-10-13(19)17(14(11)20)5-3-2-4-12(18)15-6-8-16(21)9-7-15/h11,21H,2-10H2,1H3. The first-order valence-corrected chi connectivity index (χ1v) is 7.55. The van der Waals surface area contributed by atoms with Crippen LogP contribution in [0.15, 0.2) is 0 Å². The van der Waals surface area contributed by atoms with Gasteiger partial charge in [-0.2, -0.15) is 5.06 Å². The minimum absolute atomic E-state index is 0.0792. The van der Waals surface area contributed by atoms with Crippen LogP contribution in [0.25, 0.3) is 0 Å². The van der Waals surface area contributed by atoms with Crippen molar-refractivity contribution in [2.24, 2.45) is 5.92 Å². The molecule has 2 fully saturated rings. The Morgan fingerprint density at radius 2 is 1.86 bits per heavy atom. The summed E-state index contributed by atoms with van der Waals surface area (Å²) in [5.41, 5.74) is 0. The number of imide groups is 1. The highest BCUT2D eigenvalue weighted by Crippen LogP contribution is 2.19. The summed E-state index contributed by atoms with van der Waals surface area (Å²) in [5.74, 6) is -0.312. The molecular weight excluding hydrogens is 274 g/mol. The third-order valence-electron chi connectivity index (χ3n) is 4.10. The highest BCUT2D eigenvalue weighted by Gasteiger charge is 2.34. The van der Waals surface area contributed by atoms with Crippen LogP contribution in [-0.2, 0) is 14.4 Å². The number of rotatable bonds is 5. The van der Waals surface area contributed by atoms with Crippen LogP contribution in [0.1, 0.15) is 32.6 Å². The number of unbranched alkanes of at least 4 members (excludes halogenated alkanes) is 1. The number of amides is 3. The third-order valence-corrected chi connectivity index (χ3v) is 4.10. The largest absolute Gasteiger partial charge is 0.340 e. The van der Waals surface area contributed by atoms with E-state index in [0.29, 0.717) is 58.4 Å². The molecule has 0 spiro atoms. The maximum Gasteiger partial charge on any atom is 0.232 e. The van der Waals surface area contributed by atoms with E-state index in [1.807, 2.05) is 0 Å². The summed E-state index contributed by atoms with van der Waals surface area (Å²) >= 11 is 0. The van der Waals surface area contributed by atoms with Gasteiger partial charge in [0.1, 0.15) is 0 Å². The molecule has 2 heterocycles. The summed E-state index contributed by atoms with van der Waals surface area (Å²) in [6.45, 7) is 4.26. The van der Waals surface area contributed by atoms with Crippen LogP contribution < -0.4 is 0 Å². The predicted octanol–water partition coefficient (Wildman–Crippen LogP) is 0.0851. The zero-order valence-corrected chi connectivity index (χ0v) is 12.5. The Balaban J connectivity index is 1.64. The molecule has 0 bridgehead atoms. The van der Waals surface area contributed by atoms with Crippen molar-refractivity contribution in [1.29, 1.82) is 0 Å². The number of carbonyl (C=O) groups is 3. The second-order valence-electron chi connectivity index (χ2n) is 5.78. The lowest BCUT2D eigenvalue weighted by Crippen LogP contribution is -2.47. The molecule has 3 amide bonds. The monoisotopic (exact) mass is 297 g/mol. The molecule has 7 heteroatoms. The fourth-order valence-electron chi connectivity index (χ4n) is 2.73. The average molecular weight is 297 g/mol. The fourth-order valence-corrected chi connectivity index (χ4v) is 2.73. The highest BCUT2D eigenvalue weighted by atomic mass is 16.5. The van der Waals surface area contributed by atoms with E-state index in [9.17, 15) is 19.6 Å². The van der Waals surface area contributed by atoms with E-state index >= 15 is 0 Å². The van der Waals surface area contributed by atoms with Crippen LogP contribution in [-0.4, -0.2) is 70.5 Å². The lowest BCUT2D eigenvalue weighted by Gasteiger charge is -2.31. The Bertz CT molecular complexity index is 418. The van der Waals surface area contributed by atoms with Gasteiger partial charge in [-0.25, -0.2) is 0 Å². The highest BCUT2D eigenvalue weighted by molar-refractivity contribution is 6.03. The lowest BCUT2D eigenvalue weighted by atomic mass is 10.1. The number of hydrogen-bond acceptors (Lipinski definition) is 5. The second-order valence-corrected chi connectivity index (χ2v) is 5.78. The van der Waals surface area contributed by atoms with Gasteiger partial charge in [0.05, 0.1) is 0 Å². The first-order chi connectivity index (χ1) is 9.99. The summed E-state index contributed by atoms with van der Waals surface area (Å²) in [6.07, 6.45) is 2.07. The summed E-state index contributed by atoms with van der Waals surface area (Å²) in [6, 6.07) is 0. The maximum absolute atomic E-state index is 12.0. The number of piperazine rings is 1. The van der Waals surface area contributed by atoms with Gasteiger partial charge < -0.3 is 10.1 Å². The van der Waals surface area contributed by atoms with Crippen molar-refractivity contribution in [3.63, 3.8) is 0 Å². The van der Waals surface area contributed by atoms with E-state index < -0.39 is 0 Å². The number of hydrogen-bond donors (Lipinski definition) is 1. The molecule has 0 aromatic heterocycles. The van der Waals surface area contributed by atoms with Gasteiger partial charge >= 0.3 is 0 Å². The van der Waals surface area contributed by atoms with E-state index in [1.165, 1.54) is 9.96 Å². The molecule has 2 saturated heterocycles. The molecule has 118 valence electrons. The quantitative estimate of drug-likeness (QED) is 0.574. The van der Waals surface area contributed by atoms with Crippen LogP contribution in [0, 0.1) is 5.92 Å². The van der Waals surface area contributed by atoms with Crippen molar-refractivity contribution in [2.45, 2.75) is 32.6 Å². The maximum atomic E-state index is 12.0. The molecule has 1 N–H and O–H groups in total. The van der Waals surface area contributed by atoms with Gasteiger partial charge in [0.2, 0.25) is 17.7 Å². The van der Waals surface area contributed by atoms with Crippen molar-refractivity contribution in [3.8, 4) is 0 Å². The van der Waals surface area contributed by atoms with Crippen LogP contribution in [0.4, 0.5) is 0 Å². The Morgan fingerprint density at radius 1 is 1.19 bits per heavy atom. The summed E-state index contributed by atoms with van der Waals surface area (Å²) in [7, 11) is 0. The van der Waals surface area contributed by atoms with Gasteiger partial charge in [-0.1, -0.05) is 6.92 Å². The Kier molecular flexibility index (Phi) is 5.30. The Labute approximate surface area is 124 Å². The third kappa shape index (κ3) is 4.01. The fraction of sp³-hybridized carbons (Fsp3) is 0.786. The van der Waals surface area contributed by atoms with Gasteiger partial charge in [-0.05, 0) is 12.8 Å². The average Bonchev–Trinajstić information content (AvgIpc) is 2.69. The summed E-state index contributed by atoms with van der Waals surface area (Å²) in [4.78, 5) is 38.4. The van der Waals surface area contributed by atoms with Crippen molar-refractivity contribution in [3.05, 3.63) is 0 Å². The first kappa shape index (κ1) is 15.9. The SMILES string of the molecule is CC1CC(=O)N(CCCCC(=O)N2CCN(O)CC2)C1=O. The zero-order valence-electron chi connectivity index (χ0n) is 12.5. The number of nitrogens with zero attached hydrogens (tertiary/aromatic N) is 3. The Morgan fingerprint density at radius 3 is 2.43 bits per heavy atom. The minimum Gasteiger partial charge on any atom is -0.340 e. The molecule has 2 aliphatic rings. The van der Waals surface area contributed by atoms with Gasteiger partial charge in [0.25, 0.3) is 0 Å². The number of hydroxylamine groups is 2. The summed E-state index contributed by atoms with van der Waals surface area (Å²) < 4.78 is 0. The molecule has 21 heavy (non-hydrogen) atoms. The predicted molar refractivity (Wildman–Crippen MR) is 74.3 cm³/mol. The molecule has 1 unspecified atom stereocenters. The van der Waals surface area contributed by atoms with Crippen LogP contribution in [0.5, 0.6) is 0 Å². The first-order valence-electron chi connectivity index (χ1n) is 7.55. The summed E-state index contributed by atoms with van der Waals surface area (Å²) in [5, 5.41) is 10.5. The minimum atomic E-state index is -0.200. The smallest absolute Gasteiger partial charge is 0.232 e. The molecule has 0 radical (unpaired) electrons. The van der Waals surface area contributed by atoms with E-state index in [4.69, 9.17) is 0 Å². The Hall–Kier alpha value is -1.47. The normalized spacial score (nSPS) is 24.0. The van der Waals surface area contributed by atoms with Gasteiger partial charge in [0, 0.05) is 51.5 Å². The molecule has 2 rings (SSSR count). The second kappa shape index (κ2) is 7.00. The topological polar surface area (TPSA) is 81.2 Å². The zero-order chi connectivity index (χ0) is 15.4. The van der Waals surface area contributed by atoms with Gasteiger partial charge in [0.15, 0.2) is 0 Å². The van der Waals surface area contributed by atoms with Gasteiger partial charge in [-0.3, -0.25) is 19.3 Å². The van der Waals surface area contributed by atoms with Crippen molar-refractivity contribution in [2.75, 3.05) is 32.7 Å². The number of likely N-dealkylation sites (tertiary alicyclic amines) is 1. The molecule has 0 aromatic carbocycles. The van der Waals surface area contributed by atoms with Crippen LogP contribution >= 0.6 is 0 Å².